The van der Waals surface area contributed by atoms with Gasteiger partial charge in [0, 0.05) is 5.56 Å². The highest BCUT2D eigenvalue weighted by molar-refractivity contribution is 6.11. The zero-order chi connectivity index (χ0) is 16.6. The highest BCUT2D eigenvalue weighted by atomic mass is 16.6. The van der Waals surface area contributed by atoms with E-state index in [1.165, 1.54) is 0 Å². The fraction of sp³-hybridized carbons (Fsp3) is 0.222. The summed E-state index contributed by atoms with van der Waals surface area (Å²) in [5, 5.41) is 7.53. The van der Waals surface area contributed by atoms with Gasteiger partial charge in [-0.2, -0.15) is 0 Å². The van der Waals surface area contributed by atoms with Crippen molar-refractivity contribution in [1.29, 1.82) is 5.41 Å². The molecule has 2 aromatic carbocycles. The molecule has 3 N–H and O–H groups in total. The van der Waals surface area contributed by atoms with Crippen LogP contribution in [-0.2, 0) is 0 Å². The van der Waals surface area contributed by atoms with Gasteiger partial charge < -0.3 is 15.2 Å². The molecule has 118 valence electrons. The van der Waals surface area contributed by atoms with Gasteiger partial charge in [0.25, 0.3) is 0 Å². The van der Waals surface area contributed by atoms with Crippen molar-refractivity contribution in [3.63, 3.8) is 0 Å². The molecule has 0 bridgehead atoms. The summed E-state index contributed by atoms with van der Waals surface area (Å²) < 4.78 is 11.4. The van der Waals surface area contributed by atoms with Crippen LogP contribution in [0.1, 0.15) is 27.0 Å². The van der Waals surface area contributed by atoms with E-state index in [9.17, 15) is 4.79 Å². The summed E-state index contributed by atoms with van der Waals surface area (Å²) in [7, 11) is 0. The van der Waals surface area contributed by atoms with Gasteiger partial charge in [-0.1, -0.05) is 29.8 Å². The van der Waals surface area contributed by atoms with Crippen LogP contribution < -0.4 is 15.2 Å². The van der Waals surface area contributed by atoms with E-state index < -0.39 is 6.10 Å². The van der Waals surface area contributed by atoms with Crippen molar-refractivity contribution in [3.8, 4) is 11.5 Å². The highest BCUT2D eigenvalue weighted by Crippen LogP contribution is 2.37. The van der Waals surface area contributed by atoms with Crippen LogP contribution in [-0.4, -0.2) is 24.3 Å². The first-order valence-corrected chi connectivity index (χ1v) is 7.35. The minimum atomic E-state index is -0.672. The van der Waals surface area contributed by atoms with Gasteiger partial charge in [0.1, 0.15) is 12.4 Å². The molecular weight excluding hydrogens is 292 g/mol. The van der Waals surface area contributed by atoms with Gasteiger partial charge in [-0.25, -0.2) is 0 Å². The third-order valence-electron chi connectivity index (χ3n) is 3.75. The van der Waals surface area contributed by atoms with Crippen LogP contribution in [0.3, 0.4) is 0 Å². The Hall–Kier alpha value is -2.82. The summed E-state index contributed by atoms with van der Waals surface area (Å²) in [5.41, 5.74) is 8.50. The van der Waals surface area contributed by atoms with E-state index >= 15 is 0 Å². The second kappa shape index (κ2) is 5.76. The minimum absolute atomic E-state index is 0.120. The van der Waals surface area contributed by atoms with Crippen LogP contribution in [0, 0.1) is 19.3 Å². The van der Waals surface area contributed by atoms with Crippen LogP contribution in [0.2, 0.25) is 0 Å². The number of nitrogens with one attached hydrogen (secondary N) is 1. The number of ether oxygens (including phenoxy) is 2. The molecule has 1 aliphatic rings. The number of benzene rings is 2. The molecule has 0 saturated carbocycles. The van der Waals surface area contributed by atoms with Crippen molar-refractivity contribution in [2.45, 2.75) is 20.0 Å². The number of amidine groups is 1. The summed E-state index contributed by atoms with van der Waals surface area (Å²) in [5.74, 6) is 0.605. The van der Waals surface area contributed by atoms with Gasteiger partial charge in [0.2, 0.25) is 0 Å². The Labute approximate surface area is 134 Å². The molecule has 0 radical (unpaired) electrons. The first-order valence-electron chi connectivity index (χ1n) is 7.35. The van der Waals surface area contributed by atoms with Gasteiger partial charge >= 0.3 is 0 Å². The molecule has 0 amide bonds. The topological polar surface area (TPSA) is 85.4 Å². The van der Waals surface area contributed by atoms with Crippen molar-refractivity contribution in [2.24, 2.45) is 5.73 Å². The molecular formula is C18H18N2O3. The Bertz CT molecular complexity index is 782. The molecule has 0 spiro atoms. The van der Waals surface area contributed by atoms with Gasteiger partial charge in [-0.3, -0.25) is 10.2 Å². The number of nitrogens with two attached hydrogens (primary N) is 1. The quantitative estimate of drug-likeness (QED) is 0.518. The van der Waals surface area contributed by atoms with Crippen LogP contribution >= 0.6 is 0 Å². The maximum Gasteiger partial charge on any atom is 0.196 e. The lowest BCUT2D eigenvalue weighted by Gasteiger charge is -2.27. The molecule has 2 aromatic rings. The summed E-state index contributed by atoms with van der Waals surface area (Å²) in [6.45, 7) is 4.04. The summed E-state index contributed by atoms with van der Waals surface area (Å²) in [4.78, 5) is 12.8. The zero-order valence-corrected chi connectivity index (χ0v) is 13.1. The molecule has 5 nitrogen and oxygen atoms in total. The van der Waals surface area contributed by atoms with Crippen LogP contribution in [0.25, 0.3) is 0 Å². The summed E-state index contributed by atoms with van der Waals surface area (Å²) in [6.07, 6.45) is -0.672. The van der Waals surface area contributed by atoms with Crippen LogP contribution in [0.4, 0.5) is 0 Å². The lowest BCUT2D eigenvalue weighted by molar-refractivity contribution is 0.101. The standard InChI is InChI=1S/C18H18N2O3/c1-10-3-5-12(6-4-10)16(21)13-7-11(2)8-14-17(13)23-15(9-22-14)18(19)20/h3-8,15H,9H2,1-2H3,(H3,19,20). The van der Waals surface area contributed by atoms with Crippen molar-refractivity contribution in [1.82, 2.24) is 0 Å². The number of aryl methyl sites for hydroxylation is 2. The average molecular weight is 310 g/mol. The fourth-order valence-electron chi connectivity index (χ4n) is 2.49. The lowest BCUT2D eigenvalue weighted by Crippen LogP contribution is -2.41. The normalized spacial score (nSPS) is 16.0. The third kappa shape index (κ3) is 2.90. The maximum atomic E-state index is 12.8. The SMILES string of the molecule is Cc1ccc(C(=O)c2cc(C)cc3c2OC(C(=N)N)CO3)cc1. The van der Waals surface area contributed by atoms with Crippen LogP contribution in [0.5, 0.6) is 11.5 Å². The number of carbonyl (C=O) groups is 1. The van der Waals surface area contributed by atoms with Gasteiger partial charge in [-0.05, 0) is 31.5 Å². The molecule has 0 saturated heterocycles. The smallest absolute Gasteiger partial charge is 0.196 e. The molecule has 0 aliphatic carbocycles. The van der Waals surface area contributed by atoms with Crippen molar-refractivity contribution in [3.05, 3.63) is 58.7 Å². The second-order valence-corrected chi connectivity index (χ2v) is 5.71. The van der Waals surface area contributed by atoms with Crippen molar-refractivity contribution in [2.75, 3.05) is 6.61 Å². The maximum absolute atomic E-state index is 12.8. The Kier molecular flexibility index (Phi) is 3.78. The molecule has 1 heterocycles. The lowest BCUT2D eigenvalue weighted by atomic mass is 9.99. The molecule has 23 heavy (non-hydrogen) atoms. The Morgan fingerprint density at radius 1 is 1.17 bits per heavy atom. The molecule has 3 rings (SSSR count). The fourth-order valence-corrected chi connectivity index (χ4v) is 2.49. The monoisotopic (exact) mass is 310 g/mol. The average Bonchev–Trinajstić information content (AvgIpc) is 2.53. The Morgan fingerprint density at radius 3 is 2.52 bits per heavy atom. The predicted octanol–water partition coefficient (Wildman–Crippen LogP) is 2.61. The molecule has 5 heteroatoms. The summed E-state index contributed by atoms with van der Waals surface area (Å²) in [6, 6.07) is 11.0. The predicted molar refractivity (Wildman–Crippen MR) is 87.6 cm³/mol. The number of hydrogen-bond donors (Lipinski definition) is 2. The molecule has 1 atom stereocenters. The Morgan fingerprint density at radius 2 is 1.87 bits per heavy atom. The number of ketones is 1. The van der Waals surface area contributed by atoms with E-state index in [1.54, 1.807) is 18.2 Å². The zero-order valence-electron chi connectivity index (χ0n) is 13.1. The largest absolute Gasteiger partial charge is 0.485 e. The van der Waals surface area contributed by atoms with Crippen molar-refractivity contribution >= 4 is 11.6 Å². The second-order valence-electron chi connectivity index (χ2n) is 5.71. The molecule has 0 fully saturated rings. The minimum Gasteiger partial charge on any atom is -0.485 e. The number of fused-ring (bicyclic) bond motifs is 1. The Balaban J connectivity index is 2.05. The van der Waals surface area contributed by atoms with Gasteiger partial charge in [0.05, 0.1) is 5.56 Å². The van der Waals surface area contributed by atoms with Gasteiger partial charge in [0.15, 0.2) is 23.4 Å². The van der Waals surface area contributed by atoms with E-state index in [0.29, 0.717) is 22.6 Å². The van der Waals surface area contributed by atoms with E-state index in [-0.39, 0.29) is 18.2 Å². The first-order chi connectivity index (χ1) is 11.0. The van der Waals surface area contributed by atoms with E-state index in [1.807, 2.05) is 32.0 Å². The first kappa shape index (κ1) is 15.1. The van der Waals surface area contributed by atoms with E-state index in [2.05, 4.69) is 0 Å². The summed E-state index contributed by atoms with van der Waals surface area (Å²) >= 11 is 0. The third-order valence-corrected chi connectivity index (χ3v) is 3.75. The van der Waals surface area contributed by atoms with E-state index in [0.717, 1.165) is 11.1 Å². The van der Waals surface area contributed by atoms with Crippen LogP contribution in [0.15, 0.2) is 36.4 Å². The van der Waals surface area contributed by atoms with Crippen molar-refractivity contribution < 1.29 is 14.3 Å². The number of carbonyl (C=O) groups excluding carboxylic acids is 1. The molecule has 0 aromatic heterocycles. The number of rotatable bonds is 3. The molecule has 1 unspecified atom stereocenters. The number of hydrogen-bond acceptors (Lipinski definition) is 4. The highest BCUT2D eigenvalue weighted by Gasteiger charge is 2.28. The van der Waals surface area contributed by atoms with E-state index in [4.69, 9.17) is 20.6 Å². The molecule has 1 aliphatic heterocycles. The van der Waals surface area contributed by atoms with Gasteiger partial charge in [-0.15, -0.1) is 0 Å².